The van der Waals surface area contributed by atoms with E-state index in [9.17, 15) is 18.0 Å². The Morgan fingerprint density at radius 1 is 1.24 bits per heavy atom. The van der Waals surface area contributed by atoms with Crippen LogP contribution in [0, 0.1) is 5.92 Å². The summed E-state index contributed by atoms with van der Waals surface area (Å²) in [5.41, 5.74) is 0.654. The third-order valence-electron chi connectivity index (χ3n) is 3.24. The van der Waals surface area contributed by atoms with E-state index in [1.165, 1.54) is 0 Å². The number of rotatable bonds is 3. The Bertz CT molecular complexity index is 559. The second-order valence-corrected chi connectivity index (χ2v) is 4.75. The van der Waals surface area contributed by atoms with Gasteiger partial charge in [-0.3, -0.25) is 4.79 Å². The Labute approximate surface area is 120 Å². The highest BCUT2D eigenvalue weighted by Crippen LogP contribution is 2.39. The third kappa shape index (κ3) is 3.54. The van der Waals surface area contributed by atoms with E-state index in [2.05, 4.69) is 4.74 Å². The molecule has 0 aromatic heterocycles. The molecule has 0 radical (unpaired) electrons. The molecule has 1 aliphatic rings. The van der Waals surface area contributed by atoms with Gasteiger partial charge in [0.1, 0.15) is 0 Å². The zero-order valence-corrected chi connectivity index (χ0v) is 11.4. The highest BCUT2D eigenvalue weighted by atomic mass is 19.4. The van der Waals surface area contributed by atoms with Crippen molar-refractivity contribution < 1.29 is 22.7 Å². The van der Waals surface area contributed by atoms with Crippen molar-refractivity contribution in [3.8, 4) is 0 Å². The molecule has 0 N–H and O–H groups in total. The number of carbonyl (C=O) groups excluding carboxylic acids is 1. The second kappa shape index (κ2) is 6.16. The molecule has 0 bridgehead atoms. The number of esters is 1. The minimum absolute atomic E-state index is 0.654. The van der Waals surface area contributed by atoms with Crippen LogP contribution in [-0.2, 0) is 9.53 Å². The number of benzene rings is 1. The van der Waals surface area contributed by atoms with E-state index < -0.39 is 29.7 Å². The van der Waals surface area contributed by atoms with Gasteiger partial charge in [0.15, 0.2) is 0 Å². The van der Waals surface area contributed by atoms with Crippen LogP contribution < -0.4 is 0 Å². The Balaban J connectivity index is 2.45. The minimum Gasteiger partial charge on any atom is -0.421 e. The molecule has 2 rings (SSSR count). The van der Waals surface area contributed by atoms with E-state index in [1.54, 1.807) is 42.5 Å². The monoisotopic (exact) mass is 296 g/mol. The van der Waals surface area contributed by atoms with E-state index in [-0.39, 0.29) is 0 Å². The van der Waals surface area contributed by atoms with Crippen molar-refractivity contribution in [3.63, 3.8) is 0 Å². The summed E-state index contributed by atoms with van der Waals surface area (Å²) in [7, 11) is 0. The number of cyclic esters (lactones) is 1. The van der Waals surface area contributed by atoms with Crippen molar-refractivity contribution in [1.82, 2.24) is 0 Å². The average Bonchev–Trinajstić information content (AvgIpc) is 2.45. The molecule has 2 nitrogen and oxygen atoms in total. The molecule has 0 aliphatic carbocycles. The van der Waals surface area contributed by atoms with E-state index in [0.29, 0.717) is 12.0 Å². The molecule has 2 atom stereocenters. The number of alkyl halides is 3. The van der Waals surface area contributed by atoms with Crippen molar-refractivity contribution in [3.05, 3.63) is 59.9 Å². The molecule has 21 heavy (non-hydrogen) atoms. The van der Waals surface area contributed by atoms with E-state index in [0.717, 1.165) is 6.08 Å². The topological polar surface area (TPSA) is 26.3 Å². The zero-order valence-electron chi connectivity index (χ0n) is 11.4. The lowest BCUT2D eigenvalue weighted by Gasteiger charge is -2.28. The summed E-state index contributed by atoms with van der Waals surface area (Å²) in [4.78, 5) is 11.9. The van der Waals surface area contributed by atoms with Crippen LogP contribution in [0.2, 0.25) is 0 Å². The molecule has 0 saturated carbocycles. The molecule has 0 saturated heterocycles. The predicted octanol–water partition coefficient (Wildman–Crippen LogP) is 4.36. The van der Waals surface area contributed by atoms with E-state index in [1.807, 2.05) is 6.92 Å². The molecule has 1 heterocycles. The van der Waals surface area contributed by atoms with Gasteiger partial charge in [-0.1, -0.05) is 49.4 Å². The van der Waals surface area contributed by atoms with Gasteiger partial charge in [-0.25, -0.2) is 0 Å². The summed E-state index contributed by atoms with van der Waals surface area (Å²) in [5.74, 6) is -3.52. The fraction of sp³-hybridized carbons (Fsp3) is 0.312. The maximum absolute atomic E-state index is 12.8. The van der Waals surface area contributed by atoms with Gasteiger partial charge in [-0.2, -0.15) is 13.2 Å². The number of carbonyl (C=O) groups is 1. The Morgan fingerprint density at radius 2 is 1.90 bits per heavy atom. The maximum Gasteiger partial charge on any atom is 0.449 e. The Morgan fingerprint density at radius 3 is 2.48 bits per heavy atom. The van der Waals surface area contributed by atoms with Crippen molar-refractivity contribution in [1.29, 1.82) is 0 Å². The van der Waals surface area contributed by atoms with Gasteiger partial charge in [0.25, 0.3) is 0 Å². The molecule has 0 unspecified atom stereocenters. The maximum atomic E-state index is 12.8. The van der Waals surface area contributed by atoms with Crippen molar-refractivity contribution in [2.75, 3.05) is 0 Å². The van der Waals surface area contributed by atoms with Gasteiger partial charge < -0.3 is 4.74 Å². The third-order valence-corrected chi connectivity index (χ3v) is 3.24. The van der Waals surface area contributed by atoms with Crippen LogP contribution in [0.3, 0.4) is 0 Å². The number of ether oxygens (including phenoxy) is 1. The number of hydrogen-bond donors (Lipinski definition) is 0. The number of hydrogen-bond acceptors (Lipinski definition) is 2. The molecule has 1 aromatic rings. The zero-order chi connectivity index (χ0) is 15.5. The normalized spacial score (nSPS) is 23.0. The first-order valence-corrected chi connectivity index (χ1v) is 6.65. The summed E-state index contributed by atoms with van der Waals surface area (Å²) in [5, 5.41) is 0. The summed E-state index contributed by atoms with van der Waals surface area (Å²) in [6.07, 6.45) is 0.391. The first kappa shape index (κ1) is 15.4. The van der Waals surface area contributed by atoms with Crippen LogP contribution in [0.1, 0.15) is 24.8 Å². The molecule has 5 heteroatoms. The molecular weight excluding hydrogens is 281 g/mol. The molecule has 112 valence electrons. The summed E-state index contributed by atoms with van der Waals surface area (Å²) >= 11 is 0. The standard InChI is InChI=1S/C16H15F3O2/c1-2-3-9-12-13(11-7-5-4-6-8-11)10-14(16(17,18)19)21-15(12)20/h3-10,12-13H,2H2,1H3/b9-3+/t12-,13-/m0/s1. The second-order valence-electron chi connectivity index (χ2n) is 4.75. The highest BCUT2D eigenvalue weighted by molar-refractivity contribution is 5.79. The van der Waals surface area contributed by atoms with Crippen molar-refractivity contribution in [2.24, 2.45) is 5.92 Å². The van der Waals surface area contributed by atoms with Gasteiger partial charge >= 0.3 is 12.1 Å². The van der Waals surface area contributed by atoms with Gasteiger partial charge in [0.2, 0.25) is 5.76 Å². The molecule has 0 amide bonds. The van der Waals surface area contributed by atoms with Crippen LogP contribution in [0.5, 0.6) is 0 Å². The Kier molecular flexibility index (Phi) is 4.50. The van der Waals surface area contributed by atoms with E-state index in [4.69, 9.17) is 0 Å². The fourth-order valence-electron chi connectivity index (χ4n) is 2.24. The van der Waals surface area contributed by atoms with Crippen molar-refractivity contribution >= 4 is 5.97 Å². The lowest BCUT2D eigenvalue weighted by molar-refractivity contribution is -0.166. The van der Waals surface area contributed by atoms with Crippen molar-refractivity contribution in [2.45, 2.75) is 25.4 Å². The fourth-order valence-corrected chi connectivity index (χ4v) is 2.24. The molecule has 0 spiro atoms. The average molecular weight is 296 g/mol. The molecular formula is C16H15F3O2. The molecule has 0 fully saturated rings. The van der Waals surface area contributed by atoms with Gasteiger partial charge in [-0.15, -0.1) is 0 Å². The molecule has 1 aliphatic heterocycles. The quantitative estimate of drug-likeness (QED) is 0.612. The van der Waals surface area contributed by atoms with Crippen LogP contribution in [0.25, 0.3) is 0 Å². The summed E-state index contributed by atoms with van der Waals surface area (Å²) in [6.45, 7) is 1.89. The highest BCUT2D eigenvalue weighted by Gasteiger charge is 2.44. The minimum atomic E-state index is -4.66. The van der Waals surface area contributed by atoms with Gasteiger partial charge in [0, 0.05) is 5.92 Å². The SMILES string of the molecule is CC/C=C/[C@@H]1C(=O)OC(C(F)(F)F)=C[C@H]1c1ccccc1. The Hall–Kier alpha value is -2.04. The van der Waals surface area contributed by atoms with Crippen LogP contribution >= 0.6 is 0 Å². The lowest BCUT2D eigenvalue weighted by Crippen LogP contribution is -2.31. The summed E-state index contributed by atoms with van der Waals surface area (Å²) in [6, 6.07) is 8.66. The molecule has 1 aromatic carbocycles. The van der Waals surface area contributed by atoms with Crippen LogP contribution in [0.4, 0.5) is 13.2 Å². The largest absolute Gasteiger partial charge is 0.449 e. The van der Waals surface area contributed by atoms with Crippen LogP contribution in [-0.4, -0.2) is 12.1 Å². The number of allylic oxidation sites excluding steroid dienone is 3. The van der Waals surface area contributed by atoms with Crippen LogP contribution in [0.15, 0.2) is 54.3 Å². The van der Waals surface area contributed by atoms with Gasteiger partial charge in [0.05, 0.1) is 5.92 Å². The first-order chi connectivity index (χ1) is 9.93. The smallest absolute Gasteiger partial charge is 0.421 e. The number of halogens is 3. The summed E-state index contributed by atoms with van der Waals surface area (Å²) < 4.78 is 42.9. The van der Waals surface area contributed by atoms with Gasteiger partial charge in [-0.05, 0) is 18.1 Å². The first-order valence-electron chi connectivity index (χ1n) is 6.65. The predicted molar refractivity (Wildman–Crippen MR) is 72.3 cm³/mol. The van der Waals surface area contributed by atoms with E-state index >= 15 is 0 Å². The lowest BCUT2D eigenvalue weighted by atomic mass is 9.83.